The molecule has 23 heavy (non-hydrogen) atoms. The minimum atomic E-state index is -0.228. The van der Waals surface area contributed by atoms with Crippen LogP contribution in [0.5, 0.6) is 0 Å². The van der Waals surface area contributed by atoms with E-state index < -0.39 is 0 Å². The van der Waals surface area contributed by atoms with Gasteiger partial charge in [0.25, 0.3) is 5.91 Å². The monoisotopic (exact) mass is 312 g/mol. The quantitative estimate of drug-likeness (QED) is 0.771. The van der Waals surface area contributed by atoms with Crippen LogP contribution in [0.15, 0.2) is 36.4 Å². The first kappa shape index (κ1) is 16.9. The third-order valence-electron chi connectivity index (χ3n) is 3.72. The van der Waals surface area contributed by atoms with Gasteiger partial charge in [0, 0.05) is 13.6 Å². The van der Waals surface area contributed by atoms with E-state index in [9.17, 15) is 4.79 Å². The van der Waals surface area contributed by atoms with Crippen molar-refractivity contribution in [3.8, 4) is 0 Å². The fourth-order valence-corrected chi connectivity index (χ4v) is 2.25. The van der Waals surface area contributed by atoms with Gasteiger partial charge in [-0.05, 0) is 42.0 Å². The summed E-state index contributed by atoms with van der Waals surface area (Å²) in [5.41, 5.74) is 3.04. The van der Waals surface area contributed by atoms with Gasteiger partial charge in [-0.3, -0.25) is 4.79 Å². The van der Waals surface area contributed by atoms with Gasteiger partial charge in [0.15, 0.2) is 5.69 Å². The number of nitrogens with zero attached hydrogens (tertiary/aromatic N) is 2. The summed E-state index contributed by atoms with van der Waals surface area (Å²) >= 11 is 0. The maximum Gasteiger partial charge on any atom is 0.271 e. The Morgan fingerprint density at radius 2 is 1.83 bits per heavy atom. The van der Waals surface area contributed by atoms with Crippen LogP contribution in [0.2, 0.25) is 0 Å². The summed E-state index contributed by atoms with van der Waals surface area (Å²) in [4.78, 5) is 11.4. The molecule has 1 heterocycles. The summed E-state index contributed by atoms with van der Waals surface area (Å²) in [7, 11) is 1.57. The van der Waals surface area contributed by atoms with Crippen molar-refractivity contribution >= 4 is 11.7 Å². The molecule has 0 fully saturated rings. The van der Waals surface area contributed by atoms with Crippen molar-refractivity contribution in [1.82, 2.24) is 15.5 Å². The van der Waals surface area contributed by atoms with E-state index in [2.05, 4.69) is 58.9 Å². The van der Waals surface area contributed by atoms with Crippen LogP contribution in [0.1, 0.15) is 47.8 Å². The highest BCUT2D eigenvalue weighted by atomic mass is 16.1. The number of rotatable bonds is 7. The molecule has 122 valence electrons. The smallest absolute Gasteiger partial charge is 0.271 e. The molecule has 2 aromatic rings. The SMILES string of the molecule is CNC(=O)c1ccc(NCCCc2ccc(C(C)C)cc2)nn1. The second-order valence-corrected chi connectivity index (χ2v) is 5.81. The van der Waals surface area contributed by atoms with Crippen molar-refractivity contribution in [2.75, 3.05) is 18.9 Å². The van der Waals surface area contributed by atoms with Gasteiger partial charge in [0.2, 0.25) is 0 Å². The average Bonchev–Trinajstić information content (AvgIpc) is 2.59. The first-order valence-electron chi connectivity index (χ1n) is 7.98. The molecule has 0 aliphatic rings. The number of hydrogen-bond donors (Lipinski definition) is 2. The molecule has 0 spiro atoms. The standard InChI is InChI=1S/C18H24N4O/c1-13(2)15-8-6-14(7-9-15)5-4-12-20-17-11-10-16(21-22-17)18(23)19-3/h6-11,13H,4-5,12H2,1-3H3,(H,19,23)(H,20,22). The number of aromatic nitrogens is 2. The van der Waals surface area contributed by atoms with Crippen molar-refractivity contribution < 1.29 is 4.79 Å². The molecule has 0 aliphatic carbocycles. The largest absolute Gasteiger partial charge is 0.369 e. The zero-order valence-corrected chi connectivity index (χ0v) is 14.0. The van der Waals surface area contributed by atoms with Gasteiger partial charge in [-0.2, -0.15) is 0 Å². The highest BCUT2D eigenvalue weighted by molar-refractivity contribution is 5.91. The van der Waals surface area contributed by atoms with Crippen molar-refractivity contribution in [2.24, 2.45) is 0 Å². The number of aryl methyl sites for hydroxylation is 1. The summed E-state index contributed by atoms with van der Waals surface area (Å²) in [5.74, 6) is 1.03. The van der Waals surface area contributed by atoms with Gasteiger partial charge >= 0.3 is 0 Å². The molecule has 5 heteroatoms. The van der Waals surface area contributed by atoms with Crippen LogP contribution in [-0.2, 0) is 6.42 Å². The van der Waals surface area contributed by atoms with E-state index in [-0.39, 0.29) is 5.91 Å². The molecule has 0 saturated carbocycles. The number of amides is 1. The van der Waals surface area contributed by atoms with Crippen LogP contribution in [-0.4, -0.2) is 29.7 Å². The Morgan fingerprint density at radius 3 is 2.39 bits per heavy atom. The lowest BCUT2D eigenvalue weighted by atomic mass is 10.0. The van der Waals surface area contributed by atoms with Gasteiger partial charge in [0.1, 0.15) is 5.82 Å². The summed E-state index contributed by atoms with van der Waals surface area (Å²) in [5, 5.41) is 13.6. The number of anilines is 1. The summed E-state index contributed by atoms with van der Waals surface area (Å²) in [6.45, 7) is 5.23. The third kappa shape index (κ3) is 5.06. The van der Waals surface area contributed by atoms with Crippen LogP contribution in [0, 0.1) is 0 Å². The number of benzene rings is 1. The van der Waals surface area contributed by atoms with E-state index in [0.29, 0.717) is 17.4 Å². The Hall–Kier alpha value is -2.43. The molecule has 0 aliphatic heterocycles. The van der Waals surface area contributed by atoms with E-state index in [1.54, 1.807) is 19.2 Å². The van der Waals surface area contributed by atoms with E-state index in [1.807, 2.05) is 0 Å². The molecular formula is C18H24N4O. The molecule has 0 saturated heterocycles. The molecule has 0 atom stereocenters. The van der Waals surface area contributed by atoms with Gasteiger partial charge in [-0.25, -0.2) is 0 Å². The third-order valence-corrected chi connectivity index (χ3v) is 3.72. The predicted molar refractivity (Wildman–Crippen MR) is 92.8 cm³/mol. The van der Waals surface area contributed by atoms with E-state index in [0.717, 1.165) is 19.4 Å². The van der Waals surface area contributed by atoms with E-state index in [4.69, 9.17) is 0 Å². The van der Waals surface area contributed by atoms with Gasteiger partial charge in [-0.1, -0.05) is 38.1 Å². The van der Waals surface area contributed by atoms with Crippen LogP contribution >= 0.6 is 0 Å². The number of carbonyl (C=O) groups is 1. The first-order valence-corrected chi connectivity index (χ1v) is 7.98. The lowest BCUT2D eigenvalue weighted by Gasteiger charge is -2.08. The molecule has 2 N–H and O–H groups in total. The Kier molecular flexibility index (Phi) is 6.09. The Morgan fingerprint density at radius 1 is 1.09 bits per heavy atom. The molecule has 1 aromatic heterocycles. The lowest BCUT2D eigenvalue weighted by Crippen LogP contribution is -2.19. The number of hydrogen-bond acceptors (Lipinski definition) is 4. The van der Waals surface area contributed by atoms with E-state index in [1.165, 1.54) is 11.1 Å². The maximum absolute atomic E-state index is 11.4. The van der Waals surface area contributed by atoms with Crippen LogP contribution < -0.4 is 10.6 Å². The van der Waals surface area contributed by atoms with Crippen molar-refractivity contribution in [1.29, 1.82) is 0 Å². The van der Waals surface area contributed by atoms with Gasteiger partial charge in [0.05, 0.1) is 0 Å². The zero-order chi connectivity index (χ0) is 16.7. The fraction of sp³-hybridized carbons (Fsp3) is 0.389. The lowest BCUT2D eigenvalue weighted by molar-refractivity contribution is 0.0957. The summed E-state index contributed by atoms with van der Waals surface area (Å²) in [6, 6.07) is 12.3. The highest BCUT2D eigenvalue weighted by Crippen LogP contribution is 2.15. The van der Waals surface area contributed by atoms with Crippen molar-refractivity contribution in [2.45, 2.75) is 32.6 Å². The van der Waals surface area contributed by atoms with Crippen LogP contribution in [0.25, 0.3) is 0 Å². The maximum atomic E-state index is 11.4. The molecule has 0 bridgehead atoms. The van der Waals surface area contributed by atoms with Crippen LogP contribution in [0.4, 0.5) is 5.82 Å². The Bertz CT molecular complexity index is 620. The Balaban J connectivity index is 1.75. The van der Waals surface area contributed by atoms with E-state index >= 15 is 0 Å². The first-order chi connectivity index (χ1) is 11.1. The number of carbonyl (C=O) groups excluding carboxylic acids is 1. The normalized spacial score (nSPS) is 10.6. The second-order valence-electron chi connectivity index (χ2n) is 5.81. The minimum absolute atomic E-state index is 0.228. The molecular weight excluding hydrogens is 288 g/mol. The zero-order valence-electron chi connectivity index (χ0n) is 14.0. The Labute approximate surface area is 137 Å². The molecule has 0 unspecified atom stereocenters. The fourth-order valence-electron chi connectivity index (χ4n) is 2.25. The predicted octanol–water partition coefficient (Wildman–Crippen LogP) is 3.00. The summed E-state index contributed by atoms with van der Waals surface area (Å²) < 4.78 is 0. The number of nitrogens with one attached hydrogen (secondary N) is 2. The summed E-state index contributed by atoms with van der Waals surface area (Å²) in [6.07, 6.45) is 2.04. The molecule has 1 amide bonds. The average molecular weight is 312 g/mol. The van der Waals surface area contributed by atoms with Crippen molar-refractivity contribution in [3.05, 3.63) is 53.2 Å². The topological polar surface area (TPSA) is 66.9 Å². The molecule has 5 nitrogen and oxygen atoms in total. The van der Waals surface area contributed by atoms with Gasteiger partial charge < -0.3 is 10.6 Å². The molecule has 2 rings (SSSR count). The van der Waals surface area contributed by atoms with Crippen LogP contribution in [0.3, 0.4) is 0 Å². The second kappa shape index (κ2) is 8.27. The minimum Gasteiger partial charge on any atom is -0.369 e. The van der Waals surface area contributed by atoms with Crippen molar-refractivity contribution in [3.63, 3.8) is 0 Å². The highest BCUT2D eigenvalue weighted by Gasteiger charge is 2.05. The molecule has 1 aromatic carbocycles. The van der Waals surface area contributed by atoms with Gasteiger partial charge in [-0.15, -0.1) is 10.2 Å². The molecule has 0 radical (unpaired) electrons.